The van der Waals surface area contributed by atoms with Gasteiger partial charge < -0.3 is 15.4 Å². The molecule has 0 saturated carbocycles. The lowest BCUT2D eigenvalue weighted by atomic mass is 10.3. The summed E-state index contributed by atoms with van der Waals surface area (Å²) in [5.41, 5.74) is 0. The van der Waals surface area contributed by atoms with E-state index >= 15 is 0 Å². The number of amides is 1. The molecule has 0 aliphatic heterocycles. The normalized spacial score (nSPS) is 12.4. The number of nitrogens with one attached hydrogen (secondary N) is 2. The van der Waals surface area contributed by atoms with Gasteiger partial charge in [-0.25, -0.2) is 0 Å². The van der Waals surface area contributed by atoms with Crippen molar-refractivity contribution in [2.24, 2.45) is 0 Å². The lowest BCUT2D eigenvalue weighted by Crippen LogP contribution is -2.40. The molecule has 2 N–H and O–H groups in total. The van der Waals surface area contributed by atoms with Crippen LogP contribution in [-0.2, 0) is 16.1 Å². The first kappa shape index (κ1) is 14.6. The summed E-state index contributed by atoms with van der Waals surface area (Å²) in [6.07, 6.45) is 0. The lowest BCUT2D eigenvalue weighted by molar-refractivity contribution is -0.121. The van der Waals surface area contributed by atoms with Crippen LogP contribution in [0.3, 0.4) is 0 Å². The van der Waals surface area contributed by atoms with E-state index in [1.807, 2.05) is 18.4 Å². The van der Waals surface area contributed by atoms with E-state index in [0.717, 1.165) is 4.47 Å². The maximum atomic E-state index is 11.5. The van der Waals surface area contributed by atoms with Crippen molar-refractivity contribution in [3.8, 4) is 0 Å². The number of carbonyl (C=O) groups excluding carboxylic acids is 1. The smallest absolute Gasteiger partial charge is 0.234 e. The van der Waals surface area contributed by atoms with Crippen molar-refractivity contribution in [3.63, 3.8) is 0 Å². The summed E-state index contributed by atoms with van der Waals surface area (Å²) in [5.74, 6) is -0.00910. The quantitative estimate of drug-likeness (QED) is 0.804. The largest absolute Gasteiger partial charge is 0.383 e. The third-order valence-corrected chi connectivity index (χ3v) is 3.73. The van der Waals surface area contributed by atoms with Gasteiger partial charge in [0.05, 0.1) is 13.2 Å². The summed E-state index contributed by atoms with van der Waals surface area (Å²) in [6, 6.07) is 2.09. The Labute approximate surface area is 114 Å². The molecule has 0 aromatic carbocycles. The van der Waals surface area contributed by atoms with Crippen molar-refractivity contribution in [2.75, 3.05) is 20.3 Å². The second kappa shape index (κ2) is 7.81. The van der Waals surface area contributed by atoms with Gasteiger partial charge in [-0.05, 0) is 28.9 Å². The van der Waals surface area contributed by atoms with Crippen LogP contribution < -0.4 is 10.6 Å². The molecule has 0 bridgehead atoms. The highest BCUT2D eigenvalue weighted by Crippen LogP contribution is 2.19. The monoisotopic (exact) mass is 320 g/mol. The number of hydrogen-bond donors (Lipinski definition) is 2. The number of methoxy groups -OCH3 is 1. The van der Waals surface area contributed by atoms with Gasteiger partial charge in [0.2, 0.25) is 5.91 Å². The van der Waals surface area contributed by atoms with Gasteiger partial charge in [-0.1, -0.05) is 0 Å². The highest BCUT2D eigenvalue weighted by Gasteiger charge is 2.06. The summed E-state index contributed by atoms with van der Waals surface area (Å²) in [7, 11) is 1.62. The van der Waals surface area contributed by atoms with Crippen LogP contribution in [0.4, 0.5) is 0 Å². The molecule has 1 aromatic rings. The maximum Gasteiger partial charge on any atom is 0.234 e. The Morgan fingerprint density at radius 2 is 2.41 bits per heavy atom. The number of ether oxygens (including phenoxy) is 1. The Kier molecular flexibility index (Phi) is 6.72. The van der Waals surface area contributed by atoms with E-state index in [9.17, 15) is 4.79 Å². The molecule has 1 unspecified atom stereocenters. The second-order valence-corrected chi connectivity index (χ2v) is 5.67. The standard InChI is InChI=1S/C11H17BrN2O2S/c1-8(6-16-2)14-11(15)5-13-4-10-3-9(12)7-17-10/h3,7-8,13H,4-6H2,1-2H3,(H,14,15). The topological polar surface area (TPSA) is 50.4 Å². The number of carbonyl (C=O) groups is 1. The van der Waals surface area contributed by atoms with Gasteiger partial charge in [0, 0.05) is 34.4 Å². The molecular formula is C11H17BrN2O2S. The molecule has 0 fully saturated rings. The van der Waals surface area contributed by atoms with E-state index < -0.39 is 0 Å². The zero-order chi connectivity index (χ0) is 12.7. The molecule has 0 saturated heterocycles. The molecule has 1 atom stereocenters. The van der Waals surface area contributed by atoms with Crippen LogP contribution in [0.2, 0.25) is 0 Å². The van der Waals surface area contributed by atoms with E-state index in [4.69, 9.17) is 4.74 Å². The minimum absolute atomic E-state index is 0.00910. The highest BCUT2D eigenvalue weighted by atomic mass is 79.9. The average molecular weight is 321 g/mol. The third kappa shape index (κ3) is 6.16. The second-order valence-electron chi connectivity index (χ2n) is 3.76. The zero-order valence-electron chi connectivity index (χ0n) is 9.96. The fraction of sp³-hybridized carbons (Fsp3) is 0.545. The Bertz CT molecular complexity index is 357. The van der Waals surface area contributed by atoms with E-state index in [0.29, 0.717) is 19.7 Å². The number of hydrogen-bond acceptors (Lipinski definition) is 4. The first-order chi connectivity index (χ1) is 8.11. The first-order valence-corrected chi connectivity index (χ1v) is 7.01. The van der Waals surface area contributed by atoms with Crippen LogP contribution in [0.5, 0.6) is 0 Å². The molecule has 0 aliphatic rings. The molecular weight excluding hydrogens is 304 g/mol. The van der Waals surface area contributed by atoms with Crippen LogP contribution in [0, 0.1) is 0 Å². The van der Waals surface area contributed by atoms with Crippen molar-refractivity contribution in [2.45, 2.75) is 19.5 Å². The van der Waals surface area contributed by atoms with Crippen LogP contribution in [0.25, 0.3) is 0 Å². The van der Waals surface area contributed by atoms with Crippen molar-refractivity contribution in [3.05, 3.63) is 20.8 Å². The lowest BCUT2D eigenvalue weighted by Gasteiger charge is -2.12. The van der Waals surface area contributed by atoms with Crippen LogP contribution in [0.1, 0.15) is 11.8 Å². The Hall–Kier alpha value is -0.430. The van der Waals surface area contributed by atoms with Gasteiger partial charge in [-0.3, -0.25) is 4.79 Å². The molecule has 0 spiro atoms. The van der Waals surface area contributed by atoms with Gasteiger partial charge in [-0.2, -0.15) is 0 Å². The van der Waals surface area contributed by atoms with Gasteiger partial charge in [-0.15, -0.1) is 11.3 Å². The van der Waals surface area contributed by atoms with Crippen molar-refractivity contribution >= 4 is 33.2 Å². The SMILES string of the molecule is COCC(C)NC(=O)CNCc1cc(Br)cs1. The summed E-state index contributed by atoms with van der Waals surface area (Å²) in [6.45, 7) is 3.48. The molecule has 1 aromatic heterocycles. The fourth-order valence-corrected chi connectivity index (χ4v) is 2.78. The molecule has 96 valence electrons. The van der Waals surface area contributed by atoms with Gasteiger partial charge >= 0.3 is 0 Å². The minimum atomic E-state index is -0.00910. The predicted octanol–water partition coefficient (Wildman–Crippen LogP) is 1.75. The zero-order valence-corrected chi connectivity index (χ0v) is 12.4. The first-order valence-electron chi connectivity index (χ1n) is 5.33. The van der Waals surface area contributed by atoms with Gasteiger partial charge in [0.15, 0.2) is 0 Å². The molecule has 17 heavy (non-hydrogen) atoms. The van der Waals surface area contributed by atoms with Gasteiger partial charge in [0.25, 0.3) is 0 Å². The Balaban J connectivity index is 2.16. The van der Waals surface area contributed by atoms with E-state index in [-0.39, 0.29) is 11.9 Å². The maximum absolute atomic E-state index is 11.5. The molecule has 4 nitrogen and oxygen atoms in total. The van der Waals surface area contributed by atoms with Crippen LogP contribution in [-0.4, -0.2) is 32.2 Å². The van der Waals surface area contributed by atoms with Crippen molar-refractivity contribution in [1.82, 2.24) is 10.6 Å². The molecule has 0 aliphatic carbocycles. The van der Waals surface area contributed by atoms with Crippen molar-refractivity contribution < 1.29 is 9.53 Å². The van der Waals surface area contributed by atoms with E-state index in [1.165, 1.54) is 4.88 Å². The summed E-state index contributed by atoms with van der Waals surface area (Å²) < 4.78 is 6.02. The fourth-order valence-electron chi connectivity index (χ4n) is 1.36. The highest BCUT2D eigenvalue weighted by molar-refractivity contribution is 9.10. The number of thiophene rings is 1. The molecule has 1 amide bonds. The van der Waals surface area contributed by atoms with E-state index in [1.54, 1.807) is 18.4 Å². The summed E-state index contributed by atoms with van der Waals surface area (Å²) in [4.78, 5) is 12.7. The van der Waals surface area contributed by atoms with E-state index in [2.05, 4.69) is 26.6 Å². The summed E-state index contributed by atoms with van der Waals surface area (Å²) >= 11 is 5.05. The predicted molar refractivity (Wildman–Crippen MR) is 73.2 cm³/mol. The van der Waals surface area contributed by atoms with Gasteiger partial charge in [0.1, 0.15) is 0 Å². The molecule has 1 rings (SSSR count). The number of rotatable bonds is 7. The average Bonchev–Trinajstić information content (AvgIpc) is 2.64. The minimum Gasteiger partial charge on any atom is -0.383 e. The molecule has 0 radical (unpaired) electrons. The van der Waals surface area contributed by atoms with Crippen LogP contribution >= 0.6 is 27.3 Å². The van der Waals surface area contributed by atoms with Crippen molar-refractivity contribution in [1.29, 1.82) is 0 Å². The molecule has 1 heterocycles. The summed E-state index contributed by atoms with van der Waals surface area (Å²) in [5, 5.41) is 7.96. The number of halogens is 1. The third-order valence-electron chi connectivity index (χ3n) is 2.03. The Morgan fingerprint density at radius 1 is 1.65 bits per heavy atom. The molecule has 6 heteroatoms. The Morgan fingerprint density at radius 3 is 3.00 bits per heavy atom. The van der Waals surface area contributed by atoms with Crippen LogP contribution in [0.15, 0.2) is 15.9 Å².